The van der Waals surface area contributed by atoms with Crippen molar-refractivity contribution in [1.82, 2.24) is 0 Å². The van der Waals surface area contributed by atoms with E-state index in [1.807, 2.05) is 50.2 Å². The van der Waals surface area contributed by atoms with Gasteiger partial charge in [-0.25, -0.2) is 0 Å². The number of hydrogen-bond acceptors (Lipinski definition) is 4. The highest BCUT2D eigenvalue weighted by Crippen LogP contribution is 2.36. The zero-order valence-corrected chi connectivity index (χ0v) is 15.0. The summed E-state index contributed by atoms with van der Waals surface area (Å²) in [4.78, 5) is 14.5. The van der Waals surface area contributed by atoms with Gasteiger partial charge < -0.3 is 19.7 Å². The van der Waals surface area contributed by atoms with Crippen molar-refractivity contribution in [2.24, 2.45) is 0 Å². The second kappa shape index (κ2) is 7.93. The highest BCUT2D eigenvalue weighted by atomic mass is 35.5. The molecular formula is C18H21ClN2O3. The maximum atomic E-state index is 12.6. The number of benzene rings is 2. The summed E-state index contributed by atoms with van der Waals surface area (Å²) < 4.78 is 10.8. The quantitative estimate of drug-likeness (QED) is 0.855. The maximum absolute atomic E-state index is 12.6. The van der Waals surface area contributed by atoms with Crippen molar-refractivity contribution < 1.29 is 14.3 Å². The molecule has 0 radical (unpaired) electrons. The number of rotatable bonds is 6. The average Bonchev–Trinajstić information content (AvgIpc) is 2.56. The van der Waals surface area contributed by atoms with Gasteiger partial charge >= 0.3 is 0 Å². The average molecular weight is 349 g/mol. The van der Waals surface area contributed by atoms with E-state index in [4.69, 9.17) is 21.1 Å². The third kappa shape index (κ3) is 3.92. The highest BCUT2D eigenvalue weighted by molar-refractivity contribution is 6.32. The summed E-state index contributed by atoms with van der Waals surface area (Å²) in [7, 11) is 5.35. The monoisotopic (exact) mass is 348 g/mol. The number of methoxy groups -OCH3 is 1. The van der Waals surface area contributed by atoms with Gasteiger partial charge in [-0.2, -0.15) is 0 Å². The van der Waals surface area contributed by atoms with Crippen molar-refractivity contribution in [3.63, 3.8) is 0 Å². The first kappa shape index (κ1) is 17.9. The molecule has 5 nitrogen and oxygen atoms in total. The van der Waals surface area contributed by atoms with Crippen LogP contribution < -0.4 is 19.7 Å². The van der Waals surface area contributed by atoms with Crippen molar-refractivity contribution in [3.8, 4) is 11.5 Å². The molecule has 2 rings (SSSR count). The van der Waals surface area contributed by atoms with Gasteiger partial charge in [-0.1, -0.05) is 23.7 Å². The topological polar surface area (TPSA) is 50.8 Å². The Kier molecular flexibility index (Phi) is 5.93. The molecule has 0 aliphatic heterocycles. The molecule has 128 valence electrons. The van der Waals surface area contributed by atoms with Gasteiger partial charge in [-0.15, -0.1) is 0 Å². The van der Waals surface area contributed by atoms with Gasteiger partial charge in [-0.3, -0.25) is 4.79 Å². The molecular weight excluding hydrogens is 328 g/mol. The first-order valence-electron chi connectivity index (χ1n) is 7.56. The van der Waals surface area contributed by atoms with E-state index in [-0.39, 0.29) is 5.91 Å². The summed E-state index contributed by atoms with van der Waals surface area (Å²) in [6, 6.07) is 10.8. The summed E-state index contributed by atoms with van der Waals surface area (Å²) in [5, 5.41) is 3.24. The van der Waals surface area contributed by atoms with Crippen molar-refractivity contribution >= 4 is 28.9 Å². The third-order valence-corrected chi connectivity index (χ3v) is 3.70. The lowest BCUT2D eigenvalue weighted by Crippen LogP contribution is -2.16. The van der Waals surface area contributed by atoms with E-state index in [0.717, 1.165) is 11.4 Å². The van der Waals surface area contributed by atoms with Gasteiger partial charge in [0, 0.05) is 19.7 Å². The number of anilines is 2. The number of nitrogens with zero attached hydrogens (tertiary/aromatic N) is 1. The molecule has 0 bridgehead atoms. The van der Waals surface area contributed by atoms with Crippen molar-refractivity contribution in [3.05, 3.63) is 47.0 Å². The van der Waals surface area contributed by atoms with Crippen LogP contribution in [0.4, 0.5) is 11.4 Å². The second-order valence-electron chi connectivity index (χ2n) is 5.29. The number of halogens is 1. The van der Waals surface area contributed by atoms with Crippen LogP contribution in [0.5, 0.6) is 11.5 Å². The van der Waals surface area contributed by atoms with E-state index < -0.39 is 0 Å². The smallest absolute Gasteiger partial charge is 0.255 e. The van der Waals surface area contributed by atoms with Crippen molar-refractivity contribution in [2.45, 2.75) is 6.92 Å². The summed E-state index contributed by atoms with van der Waals surface area (Å²) in [6.45, 7) is 2.31. The van der Waals surface area contributed by atoms with Gasteiger partial charge in [0.1, 0.15) is 0 Å². The zero-order chi connectivity index (χ0) is 17.7. The van der Waals surface area contributed by atoms with Crippen molar-refractivity contribution in [2.75, 3.05) is 38.0 Å². The van der Waals surface area contributed by atoms with E-state index in [9.17, 15) is 4.79 Å². The van der Waals surface area contributed by atoms with E-state index in [0.29, 0.717) is 28.7 Å². The van der Waals surface area contributed by atoms with E-state index in [1.54, 1.807) is 12.1 Å². The van der Waals surface area contributed by atoms with Crippen LogP contribution in [0.2, 0.25) is 5.02 Å². The van der Waals surface area contributed by atoms with Crippen LogP contribution in [0.15, 0.2) is 36.4 Å². The van der Waals surface area contributed by atoms with Gasteiger partial charge in [-0.05, 0) is 31.2 Å². The minimum atomic E-state index is -0.271. The first-order chi connectivity index (χ1) is 11.5. The van der Waals surface area contributed by atoms with Gasteiger partial charge in [0.2, 0.25) is 0 Å². The predicted molar refractivity (Wildman–Crippen MR) is 97.9 cm³/mol. The molecule has 1 N–H and O–H groups in total. The molecule has 0 fully saturated rings. The Labute approximate surface area is 147 Å². The molecule has 2 aromatic carbocycles. The number of para-hydroxylation sites is 2. The molecule has 0 spiro atoms. The maximum Gasteiger partial charge on any atom is 0.255 e. The summed E-state index contributed by atoms with van der Waals surface area (Å²) in [5.74, 6) is 0.592. The largest absolute Gasteiger partial charge is 0.493 e. The third-order valence-electron chi connectivity index (χ3n) is 3.41. The number of carbonyl (C=O) groups excluding carboxylic acids is 1. The zero-order valence-electron chi connectivity index (χ0n) is 14.2. The molecule has 24 heavy (non-hydrogen) atoms. The lowest BCUT2D eigenvalue weighted by molar-refractivity contribution is 0.102. The van der Waals surface area contributed by atoms with E-state index in [1.165, 1.54) is 7.11 Å². The van der Waals surface area contributed by atoms with E-state index in [2.05, 4.69) is 5.32 Å². The van der Waals surface area contributed by atoms with Gasteiger partial charge in [0.05, 0.1) is 30.1 Å². The lowest BCUT2D eigenvalue weighted by Gasteiger charge is -2.18. The molecule has 0 heterocycles. The minimum Gasteiger partial charge on any atom is -0.493 e. The molecule has 0 aliphatic carbocycles. The Morgan fingerprint density at radius 1 is 1.25 bits per heavy atom. The van der Waals surface area contributed by atoms with Crippen LogP contribution in [0.25, 0.3) is 0 Å². The number of hydrogen-bond donors (Lipinski definition) is 1. The second-order valence-corrected chi connectivity index (χ2v) is 5.70. The molecule has 0 unspecified atom stereocenters. The fourth-order valence-corrected chi connectivity index (χ4v) is 2.56. The Morgan fingerprint density at radius 3 is 2.58 bits per heavy atom. The van der Waals surface area contributed by atoms with Crippen LogP contribution in [-0.4, -0.2) is 33.7 Å². The van der Waals surface area contributed by atoms with Crippen LogP contribution in [0.1, 0.15) is 17.3 Å². The van der Waals surface area contributed by atoms with Gasteiger partial charge in [0.25, 0.3) is 5.91 Å². The number of carbonyl (C=O) groups is 1. The Hall–Kier alpha value is -2.40. The SMILES string of the molecule is CCOc1c(Cl)cc(C(=O)Nc2ccccc2N(C)C)cc1OC. The van der Waals surface area contributed by atoms with Crippen molar-refractivity contribution in [1.29, 1.82) is 0 Å². The summed E-state index contributed by atoms with van der Waals surface area (Å²) in [6.07, 6.45) is 0. The van der Waals surface area contributed by atoms with Crippen LogP contribution in [-0.2, 0) is 0 Å². The summed E-state index contributed by atoms with van der Waals surface area (Å²) in [5.41, 5.74) is 2.03. The van der Waals surface area contributed by atoms with E-state index >= 15 is 0 Å². The lowest BCUT2D eigenvalue weighted by atomic mass is 10.1. The molecule has 0 saturated carbocycles. The molecule has 0 aromatic heterocycles. The Morgan fingerprint density at radius 2 is 1.96 bits per heavy atom. The predicted octanol–water partition coefficient (Wildman–Crippen LogP) is 4.07. The highest BCUT2D eigenvalue weighted by Gasteiger charge is 2.17. The van der Waals surface area contributed by atoms with Crippen LogP contribution >= 0.6 is 11.6 Å². The molecule has 1 amide bonds. The normalized spacial score (nSPS) is 10.2. The first-order valence-corrected chi connectivity index (χ1v) is 7.93. The van der Waals surface area contributed by atoms with Crippen LogP contribution in [0, 0.1) is 0 Å². The molecule has 0 atom stereocenters. The number of amides is 1. The van der Waals surface area contributed by atoms with Crippen LogP contribution in [0.3, 0.4) is 0 Å². The minimum absolute atomic E-state index is 0.271. The summed E-state index contributed by atoms with van der Waals surface area (Å²) >= 11 is 6.23. The Balaban J connectivity index is 2.32. The standard InChI is InChI=1S/C18H21ClN2O3/c1-5-24-17-13(19)10-12(11-16(17)23-4)18(22)20-14-8-6-7-9-15(14)21(2)3/h6-11H,5H2,1-4H3,(H,20,22). The fourth-order valence-electron chi connectivity index (χ4n) is 2.30. The molecule has 2 aromatic rings. The molecule has 0 aliphatic rings. The number of nitrogens with one attached hydrogen (secondary N) is 1. The Bertz CT molecular complexity index is 732. The fraction of sp³-hybridized carbons (Fsp3) is 0.278. The molecule has 0 saturated heterocycles. The molecule has 6 heteroatoms. The number of ether oxygens (including phenoxy) is 2. The van der Waals surface area contributed by atoms with Gasteiger partial charge in [0.15, 0.2) is 11.5 Å².